The molecule has 7 nitrogen and oxygen atoms in total. The molecular weight excluding hydrogens is 416 g/mol. The second kappa shape index (κ2) is 11.6. The summed E-state index contributed by atoms with van der Waals surface area (Å²) >= 11 is 0. The predicted octanol–water partition coefficient (Wildman–Crippen LogP) is 4.46. The number of aliphatic hydroxyl groups is 1. The number of aldehydes is 1. The summed E-state index contributed by atoms with van der Waals surface area (Å²) < 4.78 is 1.98. The van der Waals surface area contributed by atoms with Gasteiger partial charge in [-0.1, -0.05) is 26.7 Å². The monoisotopic (exact) mass is 454 g/mol. The van der Waals surface area contributed by atoms with E-state index < -0.39 is 0 Å². The van der Waals surface area contributed by atoms with Crippen LogP contribution in [0.1, 0.15) is 74.3 Å². The number of likely N-dealkylation sites (tertiary alicyclic amines) is 1. The minimum Gasteiger partial charge on any atom is -0.396 e. The van der Waals surface area contributed by atoms with Gasteiger partial charge in [0.05, 0.1) is 28.7 Å². The molecular formula is C26H38N4O3. The number of aryl methyl sites for hydroxylation is 1. The number of carbonyl (C=O) groups excluding carboxylic acids is 1. The SMILES string of the molecule is CCCCC(CC)n1ncc2c(=O)[nH]c3cc(C)c(C=O)cc3c21.CN1CCC(CO)CC1. The molecule has 1 aromatic carbocycles. The maximum absolute atomic E-state index is 12.4. The number of piperidine rings is 1. The van der Waals surface area contributed by atoms with Gasteiger partial charge in [-0.25, -0.2) is 0 Å². The van der Waals surface area contributed by atoms with E-state index in [1.165, 1.54) is 12.8 Å². The molecule has 4 rings (SSSR count). The van der Waals surface area contributed by atoms with Gasteiger partial charge in [0.2, 0.25) is 0 Å². The lowest BCUT2D eigenvalue weighted by Crippen LogP contribution is -2.31. The Balaban J connectivity index is 0.000000286. The number of nitrogens with zero attached hydrogens (tertiary/aromatic N) is 3. The summed E-state index contributed by atoms with van der Waals surface area (Å²) in [7, 11) is 2.13. The Kier molecular flexibility index (Phi) is 8.80. The Morgan fingerprint density at radius 2 is 1.97 bits per heavy atom. The van der Waals surface area contributed by atoms with Crippen molar-refractivity contribution in [1.82, 2.24) is 19.7 Å². The molecule has 2 N–H and O–H groups in total. The summed E-state index contributed by atoms with van der Waals surface area (Å²) in [6, 6.07) is 3.98. The first-order chi connectivity index (χ1) is 15.9. The average molecular weight is 455 g/mol. The third-order valence-electron chi connectivity index (χ3n) is 6.88. The first-order valence-corrected chi connectivity index (χ1v) is 12.2. The number of nitrogens with one attached hydrogen (secondary N) is 1. The molecule has 2 aromatic heterocycles. The van der Waals surface area contributed by atoms with E-state index in [0.29, 0.717) is 23.5 Å². The minimum atomic E-state index is -0.132. The van der Waals surface area contributed by atoms with Gasteiger partial charge in [0, 0.05) is 17.6 Å². The van der Waals surface area contributed by atoms with Crippen molar-refractivity contribution in [2.24, 2.45) is 5.92 Å². The van der Waals surface area contributed by atoms with Crippen molar-refractivity contribution in [1.29, 1.82) is 0 Å². The van der Waals surface area contributed by atoms with Crippen molar-refractivity contribution in [3.05, 3.63) is 39.8 Å². The van der Waals surface area contributed by atoms with Gasteiger partial charge < -0.3 is 15.0 Å². The van der Waals surface area contributed by atoms with Crippen LogP contribution in [0.4, 0.5) is 0 Å². The second-order valence-corrected chi connectivity index (χ2v) is 9.31. The Hall–Kier alpha value is -2.51. The summed E-state index contributed by atoms with van der Waals surface area (Å²) in [4.78, 5) is 29.0. The minimum absolute atomic E-state index is 0.132. The number of aromatic nitrogens is 3. The van der Waals surface area contributed by atoms with Crippen molar-refractivity contribution in [3.63, 3.8) is 0 Å². The number of benzene rings is 1. The number of H-pyrrole nitrogens is 1. The van der Waals surface area contributed by atoms with Crippen LogP contribution < -0.4 is 5.56 Å². The van der Waals surface area contributed by atoms with Gasteiger partial charge in [0.15, 0.2) is 0 Å². The van der Waals surface area contributed by atoms with Crippen LogP contribution in [-0.4, -0.2) is 57.8 Å². The maximum Gasteiger partial charge on any atom is 0.259 e. The molecule has 1 aliphatic heterocycles. The number of hydrogen-bond acceptors (Lipinski definition) is 5. The normalized spacial score (nSPS) is 16.0. The van der Waals surface area contributed by atoms with E-state index >= 15 is 0 Å². The van der Waals surface area contributed by atoms with Gasteiger partial charge in [0.1, 0.15) is 6.29 Å². The highest BCUT2D eigenvalue weighted by molar-refractivity contribution is 6.05. The van der Waals surface area contributed by atoms with E-state index in [1.54, 1.807) is 6.20 Å². The first-order valence-electron chi connectivity index (χ1n) is 12.2. The lowest BCUT2D eigenvalue weighted by Gasteiger charge is -2.27. The van der Waals surface area contributed by atoms with Crippen LogP contribution in [0.3, 0.4) is 0 Å². The molecule has 1 saturated heterocycles. The van der Waals surface area contributed by atoms with Crippen molar-refractivity contribution in [2.75, 3.05) is 26.7 Å². The van der Waals surface area contributed by atoms with E-state index in [4.69, 9.17) is 5.11 Å². The fraction of sp³-hybridized carbons (Fsp3) is 0.577. The molecule has 3 heterocycles. The number of rotatable bonds is 7. The van der Waals surface area contributed by atoms with Gasteiger partial charge in [-0.3, -0.25) is 14.3 Å². The molecule has 1 fully saturated rings. The summed E-state index contributed by atoms with van der Waals surface area (Å²) in [5.74, 6) is 0.584. The Morgan fingerprint density at radius 1 is 1.24 bits per heavy atom. The standard InChI is InChI=1S/C19H23N3O2.C7H15NO/c1-4-6-7-14(5-2)22-18-15-9-13(11-23)12(3)8-17(15)21-19(24)16(18)10-20-22;1-8-4-2-7(6-9)3-5-8/h8-11,14H,4-7H2,1-3H3,(H,21,24);7,9H,2-6H2,1H3. The van der Waals surface area contributed by atoms with Gasteiger partial charge in [-0.15, -0.1) is 0 Å². The van der Waals surface area contributed by atoms with Gasteiger partial charge in [-0.05, 0) is 76.4 Å². The fourth-order valence-corrected chi connectivity index (χ4v) is 4.60. The van der Waals surface area contributed by atoms with Gasteiger partial charge >= 0.3 is 0 Å². The topological polar surface area (TPSA) is 91.2 Å². The average Bonchev–Trinajstić information content (AvgIpc) is 3.26. The van der Waals surface area contributed by atoms with Crippen LogP contribution in [0, 0.1) is 12.8 Å². The molecule has 0 amide bonds. The maximum atomic E-state index is 12.4. The van der Waals surface area contributed by atoms with Gasteiger partial charge in [-0.2, -0.15) is 5.10 Å². The summed E-state index contributed by atoms with van der Waals surface area (Å²) in [5.41, 5.74) is 2.96. The summed E-state index contributed by atoms with van der Waals surface area (Å²) in [6.45, 7) is 8.89. The molecule has 0 bridgehead atoms. The number of pyridine rings is 1. The zero-order valence-corrected chi connectivity index (χ0v) is 20.4. The fourth-order valence-electron chi connectivity index (χ4n) is 4.60. The van der Waals surface area contributed by atoms with Crippen LogP contribution >= 0.6 is 0 Å². The molecule has 1 unspecified atom stereocenters. The lowest BCUT2D eigenvalue weighted by atomic mass is 9.98. The quantitative estimate of drug-likeness (QED) is 0.514. The molecule has 1 atom stereocenters. The molecule has 7 heteroatoms. The molecule has 1 aliphatic rings. The highest BCUT2D eigenvalue weighted by Crippen LogP contribution is 2.28. The van der Waals surface area contributed by atoms with Gasteiger partial charge in [0.25, 0.3) is 5.56 Å². The van der Waals surface area contributed by atoms with Crippen molar-refractivity contribution in [2.45, 2.75) is 65.3 Å². The van der Waals surface area contributed by atoms with Crippen LogP contribution in [0.5, 0.6) is 0 Å². The third-order valence-corrected chi connectivity index (χ3v) is 6.88. The largest absolute Gasteiger partial charge is 0.396 e. The highest BCUT2D eigenvalue weighted by Gasteiger charge is 2.18. The zero-order valence-electron chi connectivity index (χ0n) is 20.4. The Labute approximate surface area is 195 Å². The predicted molar refractivity (Wildman–Crippen MR) is 134 cm³/mol. The third kappa shape index (κ3) is 5.71. The number of carbonyl (C=O) groups is 1. The summed E-state index contributed by atoms with van der Waals surface area (Å²) in [6.07, 6.45) is 9.09. The first kappa shape index (κ1) is 25.1. The molecule has 3 aromatic rings. The summed E-state index contributed by atoms with van der Waals surface area (Å²) in [5, 5.41) is 14.7. The zero-order chi connectivity index (χ0) is 24.0. The van der Waals surface area contributed by atoms with E-state index in [2.05, 4.69) is 35.9 Å². The van der Waals surface area contributed by atoms with Crippen molar-refractivity contribution in [3.8, 4) is 0 Å². The number of unbranched alkanes of at least 4 members (excludes halogenated alkanes) is 1. The van der Waals surface area contributed by atoms with Crippen LogP contribution in [-0.2, 0) is 0 Å². The van der Waals surface area contributed by atoms with E-state index in [1.807, 2.05) is 23.7 Å². The smallest absolute Gasteiger partial charge is 0.259 e. The number of aliphatic hydroxyl groups excluding tert-OH is 1. The van der Waals surface area contributed by atoms with Crippen molar-refractivity contribution < 1.29 is 9.90 Å². The number of hydrogen-bond donors (Lipinski definition) is 2. The van der Waals surface area contributed by atoms with E-state index in [-0.39, 0.29) is 11.6 Å². The van der Waals surface area contributed by atoms with Crippen molar-refractivity contribution >= 4 is 28.1 Å². The molecule has 33 heavy (non-hydrogen) atoms. The highest BCUT2D eigenvalue weighted by atomic mass is 16.3. The molecule has 0 radical (unpaired) electrons. The van der Waals surface area contributed by atoms with Crippen LogP contribution in [0.2, 0.25) is 0 Å². The molecule has 0 aliphatic carbocycles. The Morgan fingerprint density at radius 3 is 2.58 bits per heavy atom. The van der Waals surface area contributed by atoms with E-state index in [9.17, 15) is 9.59 Å². The number of fused-ring (bicyclic) bond motifs is 3. The molecule has 0 spiro atoms. The number of aromatic amines is 1. The molecule has 0 saturated carbocycles. The van der Waals surface area contributed by atoms with Crippen LogP contribution in [0.25, 0.3) is 21.8 Å². The van der Waals surface area contributed by atoms with E-state index in [0.717, 1.165) is 67.0 Å². The second-order valence-electron chi connectivity index (χ2n) is 9.31. The molecule has 180 valence electrons. The lowest BCUT2D eigenvalue weighted by molar-refractivity contribution is 0.112. The Bertz CT molecular complexity index is 1130. The van der Waals surface area contributed by atoms with Crippen LogP contribution in [0.15, 0.2) is 23.1 Å².